The molecule has 0 saturated heterocycles. The average molecular weight is 323 g/mol. The highest BCUT2D eigenvalue weighted by Gasteiger charge is 2.11. The fourth-order valence-corrected chi connectivity index (χ4v) is 2.20. The molecule has 1 amide bonds. The minimum atomic E-state index is -0.583. The first-order valence-electron chi connectivity index (χ1n) is 7.15. The average Bonchev–Trinajstić information content (AvgIpc) is 2.54. The second-order valence-corrected chi connectivity index (χ2v) is 5.11. The van der Waals surface area contributed by atoms with Crippen molar-refractivity contribution < 1.29 is 18.7 Å². The van der Waals surface area contributed by atoms with E-state index >= 15 is 0 Å². The summed E-state index contributed by atoms with van der Waals surface area (Å²) in [7, 11) is 0. The summed E-state index contributed by atoms with van der Waals surface area (Å²) < 4.78 is 10.4. The number of ether oxygens (including phenoxy) is 1. The van der Waals surface area contributed by atoms with Crippen LogP contribution in [0.15, 0.2) is 63.8 Å². The molecule has 0 bridgehead atoms. The molecule has 1 aromatic heterocycles. The van der Waals surface area contributed by atoms with Crippen molar-refractivity contribution in [2.45, 2.75) is 6.92 Å². The number of nitrogens with one attached hydrogen (secondary N) is 1. The molecule has 120 valence electrons. The molecule has 0 aliphatic rings. The summed E-state index contributed by atoms with van der Waals surface area (Å²) >= 11 is 0. The van der Waals surface area contributed by atoms with Crippen LogP contribution in [0.4, 0.5) is 5.69 Å². The van der Waals surface area contributed by atoms with Crippen molar-refractivity contribution >= 4 is 28.5 Å². The Morgan fingerprint density at radius 2 is 1.83 bits per heavy atom. The highest BCUT2D eigenvalue weighted by atomic mass is 16.5. The van der Waals surface area contributed by atoms with Gasteiger partial charge < -0.3 is 14.5 Å². The number of hydrogen-bond acceptors (Lipinski definition) is 5. The van der Waals surface area contributed by atoms with E-state index in [-0.39, 0.29) is 17.2 Å². The molecule has 0 aliphatic heterocycles. The molecule has 3 rings (SSSR count). The Kier molecular flexibility index (Phi) is 4.11. The molecule has 0 saturated carbocycles. The summed E-state index contributed by atoms with van der Waals surface area (Å²) in [5, 5.41) is 3.32. The smallest absolute Gasteiger partial charge is 0.343 e. The Hall–Kier alpha value is -3.41. The molecule has 1 N–H and O–H groups in total. The second kappa shape index (κ2) is 6.37. The monoisotopic (exact) mass is 323 g/mol. The molecule has 2 aromatic carbocycles. The highest BCUT2D eigenvalue weighted by molar-refractivity contribution is 5.95. The van der Waals surface area contributed by atoms with Crippen molar-refractivity contribution in [2.75, 3.05) is 5.32 Å². The van der Waals surface area contributed by atoms with E-state index in [2.05, 4.69) is 5.32 Å². The molecule has 24 heavy (non-hydrogen) atoms. The maximum absolute atomic E-state index is 12.2. The van der Waals surface area contributed by atoms with E-state index in [0.29, 0.717) is 11.3 Å². The quantitative estimate of drug-likeness (QED) is 0.455. The van der Waals surface area contributed by atoms with Crippen LogP contribution in [0.25, 0.3) is 11.0 Å². The van der Waals surface area contributed by atoms with Crippen LogP contribution in [0.3, 0.4) is 0 Å². The summed E-state index contributed by atoms with van der Waals surface area (Å²) in [6.07, 6.45) is 0. The van der Waals surface area contributed by atoms with E-state index in [1.165, 1.54) is 25.1 Å². The predicted octanol–water partition coefficient (Wildman–Crippen LogP) is 2.97. The molecular weight excluding hydrogens is 310 g/mol. The maximum atomic E-state index is 12.2. The van der Waals surface area contributed by atoms with Crippen LogP contribution in [0.1, 0.15) is 17.3 Å². The van der Waals surface area contributed by atoms with E-state index in [0.717, 1.165) is 5.39 Å². The summed E-state index contributed by atoms with van der Waals surface area (Å²) in [4.78, 5) is 34.6. The zero-order chi connectivity index (χ0) is 17.1. The van der Waals surface area contributed by atoms with Crippen molar-refractivity contribution in [1.29, 1.82) is 0 Å². The van der Waals surface area contributed by atoms with Crippen LogP contribution in [0.5, 0.6) is 5.75 Å². The number of carbonyl (C=O) groups is 2. The Morgan fingerprint density at radius 1 is 1.04 bits per heavy atom. The van der Waals surface area contributed by atoms with Crippen molar-refractivity contribution in [3.63, 3.8) is 0 Å². The lowest BCUT2D eigenvalue weighted by atomic mass is 10.2. The fraction of sp³-hybridized carbons (Fsp3) is 0.0556. The molecule has 0 fully saturated rings. The van der Waals surface area contributed by atoms with E-state index < -0.39 is 11.6 Å². The van der Waals surface area contributed by atoms with Gasteiger partial charge in [-0.05, 0) is 36.4 Å². The van der Waals surface area contributed by atoms with Gasteiger partial charge in [0, 0.05) is 30.1 Å². The SMILES string of the molecule is CC(=O)Nc1cccc(C(=O)Oc2ccc3ccc(=O)oc3c2)c1. The standard InChI is InChI=1S/C18H13NO5/c1-11(20)19-14-4-2-3-13(9-14)18(22)23-15-7-5-12-6-8-17(21)24-16(12)10-15/h2-10H,1H3,(H,19,20). The lowest BCUT2D eigenvalue weighted by Gasteiger charge is -2.07. The predicted molar refractivity (Wildman–Crippen MR) is 88.2 cm³/mol. The molecular formula is C18H13NO5. The third-order valence-corrected chi connectivity index (χ3v) is 3.22. The largest absolute Gasteiger partial charge is 0.423 e. The van der Waals surface area contributed by atoms with Crippen molar-refractivity contribution in [2.24, 2.45) is 0 Å². The lowest BCUT2D eigenvalue weighted by Crippen LogP contribution is -2.10. The first kappa shape index (κ1) is 15.5. The van der Waals surface area contributed by atoms with Gasteiger partial charge in [-0.25, -0.2) is 9.59 Å². The third-order valence-electron chi connectivity index (χ3n) is 3.22. The summed E-state index contributed by atoms with van der Waals surface area (Å²) in [6, 6.07) is 14.1. The molecule has 1 heterocycles. The van der Waals surface area contributed by atoms with Crippen LogP contribution >= 0.6 is 0 Å². The summed E-state index contributed by atoms with van der Waals surface area (Å²) in [6.45, 7) is 1.38. The van der Waals surface area contributed by atoms with Gasteiger partial charge in [-0.15, -0.1) is 0 Å². The molecule has 0 aliphatic carbocycles. The van der Waals surface area contributed by atoms with Gasteiger partial charge in [-0.2, -0.15) is 0 Å². The molecule has 0 spiro atoms. The van der Waals surface area contributed by atoms with Gasteiger partial charge in [0.15, 0.2) is 0 Å². The van der Waals surface area contributed by atoms with Gasteiger partial charge in [-0.1, -0.05) is 6.07 Å². The first-order chi connectivity index (χ1) is 11.5. The van der Waals surface area contributed by atoms with Crippen LogP contribution in [-0.2, 0) is 4.79 Å². The first-order valence-corrected chi connectivity index (χ1v) is 7.15. The number of benzene rings is 2. The molecule has 6 nitrogen and oxygen atoms in total. The topological polar surface area (TPSA) is 85.6 Å². The molecule has 0 radical (unpaired) electrons. The van der Waals surface area contributed by atoms with Gasteiger partial charge in [0.2, 0.25) is 5.91 Å². The van der Waals surface area contributed by atoms with Gasteiger partial charge in [0.05, 0.1) is 5.56 Å². The Labute approximate surface area is 136 Å². The third kappa shape index (κ3) is 3.49. The van der Waals surface area contributed by atoms with Crippen molar-refractivity contribution in [3.05, 3.63) is 70.6 Å². The number of hydrogen-bond donors (Lipinski definition) is 1. The molecule has 0 atom stereocenters. The minimum absolute atomic E-state index is 0.231. The zero-order valence-corrected chi connectivity index (χ0v) is 12.7. The number of fused-ring (bicyclic) bond motifs is 1. The Balaban J connectivity index is 1.84. The number of esters is 1. The van der Waals surface area contributed by atoms with E-state index in [4.69, 9.17) is 9.15 Å². The van der Waals surface area contributed by atoms with Crippen molar-refractivity contribution in [1.82, 2.24) is 0 Å². The summed E-state index contributed by atoms with van der Waals surface area (Å²) in [5.41, 5.74) is 0.645. The number of amides is 1. The van der Waals surface area contributed by atoms with E-state index in [1.807, 2.05) is 0 Å². The second-order valence-electron chi connectivity index (χ2n) is 5.11. The van der Waals surface area contributed by atoms with E-state index in [9.17, 15) is 14.4 Å². The van der Waals surface area contributed by atoms with E-state index in [1.54, 1.807) is 36.4 Å². The Bertz CT molecular complexity index is 990. The van der Waals surface area contributed by atoms with Crippen LogP contribution in [0, 0.1) is 0 Å². The van der Waals surface area contributed by atoms with Gasteiger partial charge >= 0.3 is 11.6 Å². The van der Waals surface area contributed by atoms with Gasteiger partial charge in [0.1, 0.15) is 11.3 Å². The normalized spacial score (nSPS) is 10.4. The fourth-order valence-electron chi connectivity index (χ4n) is 2.20. The van der Waals surface area contributed by atoms with Crippen LogP contribution in [-0.4, -0.2) is 11.9 Å². The van der Waals surface area contributed by atoms with Gasteiger partial charge in [0.25, 0.3) is 0 Å². The Morgan fingerprint density at radius 3 is 2.62 bits per heavy atom. The van der Waals surface area contributed by atoms with Crippen LogP contribution < -0.4 is 15.7 Å². The molecule has 3 aromatic rings. The lowest BCUT2D eigenvalue weighted by molar-refractivity contribution is -0.114. The van der Waals surface area contributed by atoms with Gasteiger partial charge in [-0.3, -0.25) is 4.79 Å². The van der Waals surface area contributed by atoms with Crippen LogP contribution in [0.2, 0.25) is 0 Å². The zero-order valence-electron chi connectivity index (χ0n) is 12.7. The molecule has 0 unspecified atom stereocenters. The number of anilines is 1. The van der Waals surface area contributed by atoms with Crippen molar-refractivity contribution in [3.8, 4) is 5.75 Å². The maximum Gasteiger partial charge on any atom is 0.343 e. The number of carbonyl (C=O) groups excluding carboxylic acids is 2. The summed E-state index contributed by atoms with van der Waals surface area (Å²) in [5.74, 6) is -0.559. The highest BCUT2D eigenvalue weighted by Crippen LogP contribution is 2.21. The number of rotatable bonds is 3. The molecule has 6 heteroatoms. The minimum Gasteiger partial charge on any atom is -0.423 e.